The van der Waals surface area contributed by atoms with Crippen molar-refractivity contribution < 1.29 is 5.11 Å². The summed E-state index contributed by atoms with van der Waals surface area (Å²) in [5.41, 5.74) is 0. The Balaban J connectivity index is 1.81. The fraction of sp³-hybridized carbons (Fsp3) is 1.00. The van der Waals surface area contributed by atoms with Gasteiger partial charge in [-0.3, -0.25) is 0 Å². The highest BCUT2D eigenvalue weighted by molar-refractivity contribution is 8.00. The number of hydrogen-bond donors (Lipinski definition) is 1. The molecule has 2 fully saturated rings. The molecule has 1 aliphatic heterocycles. The van der Waals surface area contributed by atoms with E-state index in [1.165, 1.54) is 38.1 Å². The van der Waals surface area contributed by atoms with Crippen LogP contribution in [0.15, 0.2) is 0 Å². The van der Waals surface area contributed by atoms with Crippen molar-refractivity contribution in [3.8, 4) is 0 Å². The van der Waals surface area contributed by atoms with Gasteiger partial charge < -0.3 is 10.0 Å². The van der Waals surface area contributed by atoms with Gasteiger partial charge in [-0.2, -0.15) is 11.8 Å². The number of thioether (sulfide) groups is 1. The van der Waals surface area contributed by atoms with Crippen molar-refractivity contribution in [1.29, 1.82) is 0 Å². The zero-order chi connectivity index (χ0) is 11.6. The van der Waals surface area contributed by atoms with Crippen LogP contribution in [-0.2, 0) is 0 Å². The second-order valence-electron chi connectivity index (χ2n) is 5.92. The van der Waals surface area contributed by atoms with Crippen molar-refractivity contribution in [3.63, 3.8) is 0 Å². The molecule has 0 aromatic rings. The van der Waals surface area contributed by atoms with Crippen molar-refractivity contribution in [2.75, 3.05) is 25.4 Å². The zero-order valence-electron chi connectivity index (χ0n) is 10.6. The van der Waals surface area contributed by atoms with Crippen LogP contribution in [0.1, 0.15) is 39.5 Å². The molecule has 1 heterocycles. The van der Waals surface area contributed by atoms with Crippen LogP contribution in [0.4, 0.5) is 0 Å². The molecule has 0 bridgehead atoms. The van der Waals surface area contributed by atoms with Gasteiger partial charge in [0.1, 0.15) is 0 Å². The van der Waals surface area contributed by atoms with E-state index < -0.39 is 0 Å². The first-order chi connectivity index (χ1) is 7.57. The summed E-state index contributed by atoms with van der Waals surface area (Å²) in [6.07, 6.45) is 4.73. The molecule has 0 aromatic heterocycles. The van der Waals surface area contributed by atoms with E-state index in [4.69, 9.17) is 0 Å². The lowest BCUT2D eigenvalue weighted by Crippen LogP contribution is -2.34. The first-order valence-electron chi connectivity index (χ1n) is 6.61. The minimum atomic E-state index is -0.0242. The molecular weight excluding hydrogens is 218 g/mol. The lowest BCUT2D eigenvalue weighted by atomic mass is 10.0. The van der Waals surface area contributed by atoms with Crippen molar-refractivity contribution in [3.05, 3.63) is 0 Å². The fourth-order valence-electron chi connectivity index (χ4n) is 2.81. The molecule has 16 heavy (non-hydrogen) atoms. The van der Waals surface area contributed by atoms with E-state index >= 15 is 0 Å². The molecule has 2 aliphatic rings. The fourth-order valence-corrected chi connectivity index (χ4v) is 3.94. The second-order valence-corrected chi connectivity index (χ2v) is 7.72. The van der Waals surface area contributed by atoms with Crippen LogP contribution in [-0.4, -0.2) is 46.2 Å². The lowest BCUT2D eigenvalue weighted by Gasteiger charge is -2.26. The Morgan fingerprint density at radius 2 is 2.12 bits per heavy atom. The number of nitrogens with zero attached hydrogens (tertiary/aromatic N) is 1. The van der Waals surface area contributed by atoms with Gasteiger partial charge in [-0.15, -0.1) is 0 Å². The Hall–Kier alpha value is 0.270. The molecular formula is C13H25NOS. The average molecular weight is 243 g/mol. The van der Waals surface area contributed by atoms with Crippen LogP contribution in [0.2, 0.25) is 0 Å². The first kappa shape index (κ1) is 12.7. The van der Waals surface area contributed by atoms with Gasteiger partial charge >= 0.3 is 0 Å². The maximum atomic E-state index is 9.86. The van der Waals surface area contributed by atoms with Gasteiger partial charge in [0.2, 0.25) is 0 Å². The molecule has 1 N–H and O–H groups in total. The molecule has 0 radical (unpaired) electrons. The molecule has 0 spiro atoms. The zero-order valence-corrected chi connectivity index (χ0v) is 11.4. The summed E-state index contributed by atoms with van der Waals surface area (Å²) in [6.45, 7) is 8.25. The summed E-state index contributed by atoms with van der Waals surface area (Å²) in [4.78, 5) is 2.57. The highest BCUT2D eigenvalue weighted by atomic mass is 32.2. The average Bonchev–Trinajstić information content (AvgIpc) is 2.52. The third kappa shape index (κ3) is 3.38. The molecule has 94 valence electrons. The van der Waals surface area contributed by atoms with E-state index in [-0.39, 0.29) is 6.10 Å². The van der Waals surface area contributed by atoms with Crippen LogP contribution < -0.4 is 0 Å². The van der Waals surface area contributed by atoms with Crippen LogP contribution >= 0.6 is 11.8 Å². The van der Waals surface area contributed by atoms with Crippen molar-refractivity contribution in [2.24, 2.45) is 5.92 Å². The molecule has 2 unspecified atom stereocenters. The smallest absolute Gasteiger partial charge is 0.0580 e. The highest BCUT2D eigenvalue weighted by Gasteiger charge is 2.29. The van der Waals surface area contributed by atoms with E-state index in [9.17, 15) is 5.11 Å². The topological polar surface area (TPSA) is 23.5 Å². The SMILES string of the molecule is CC1(C)CCN(CC2CCCC2O)CCS1. The highest BCUT2D eigenvalue weighted by Crippen LogP contribution is 2.32. The van der Waals surface area contributed by atoms with Gasteiger partial charge in [0.25, 0.3) is 0 Å². The second kappa shape index (κ2) is 5.28. The van der Waals surface area contributed by atoms with E-state index in [1.807, 2.05) is 0 Å². The molecule has 0 amide bonds. The monoisotopic (exact) mass is 243 g/mol. The Bertz CT molecular complexity index is 232. The van der Waals surface area contributed by atoms with Gasteiger partial charge in [0, 0.05) is 23.6 Å². The van der Waals surface area contributed by atoms with Crippen LogP contribution in [0.3, 0.4) is 0 Å². The summed E-state index contributed by atoms with van der Waals surface area (Å²) < 4.78 is 0.447. The maximum absolute atomic E-state index is 9.86. The minimum absolute atomic E-state index is 0.0242. The summed E-state index contributed by atoms with van der Waals surface area (Å²) in [5, 5.41) is 9.86. The number of rotatable bonds is 2. The van der Waals surface area contributed by atoms with Gasteiger partial charge in [0.15, 0.2) is 0 Å². The molecule has 2 rings (SSSR count). The predicted octanol–water partition coefficient (Wildman–Crippen LogP) is 2.36. The summed E-state index contributed by atoms with van der Waals surface area (Å²) in [7, 11) is 0. The standard InChI is InChI=1S/C13H25NOS/c1-13(2)6-7-14(8-9-16-13)10-11-4-3-5-12(11)15/h11-12,15H,3-10H2,1-2H3. The van der Waals surface area contributed by atoms with E-state index in [2.05, 4.69) is 30.5 Å². The maximum Gasteiger partial charge on any atom is 0.0580 e. The summed E-state index contributed by atoms with van der Waals surface area (Å²) in [6, 6.07) is 0. The summed E-state index contributed by atoms with van der Waals surface area (Å²) in [5.74, 6) is 1.79. The largest absolute Gasteiger partial charge is 0.393 e. The Morgan fingerprint density at radius 1 is 1.31 bits per heavy atom. The number of aliphatic hydroxyl groups excluding tert-OH is 1. The Kier molecular flexibility index (Phi) is 4.20. The van der Waals surface area contributed by atoms with Crippen LogP contribution in [0.25, 0.3) is 0 Å². The number of aliphatic hydroxyl groups is 1. The van der Waals surface area contributed by atoms with Crippen molar-refractivity contribution >= 4 is 11.8 Å². The summed E-state index contributed by atoms with van der Waals surface area (Å²) >= 11 is 2.10. The van der Waals surface area contributed by atoms with Gasteiger partial charge in [-0.25, -0.2) is 0 Å². The molecule has 1 aliphatic carbocycles. The molecule has 1 saturated heterocycles. The van der Waals surface area contributed by atoms with Crippen molar-refractivity contribution in [1.82, 2.24) is 4.90 Å². The lowest BCUT2D eigenvalue weighted by molar-refractivity contribution is 0.103. The Morgan fingerprint density at radius 3 is 2.81 bits per heavy atom. The third-order valence-electron chi connectivity index (χ3n) is 4.04. The van der Waals surface area contributed by atoms with Crippen LogP contribution in [0, 0.1) is 5.92 Å². The van der Waals surface area contributed by atoms with E-state index in [0.29, 0.717) is 10.7 Å². The Labute approximate surface area is 104 Å². The van der Waals surface area contributed by atoms with Gasteiger partial charge in [-0.05, 0) is 31.7 Å². The van der Waals surface area contributed by atoms with Gasteiger partial charge in [0.05, 0.1) is 6.10 Å². The first-order valence-corrected chi connectivity index (χ1v) is 7.60. The van der Waals surface area contributed by atoms with E-state index in [1.54, 1.807) is 0 Å². The normalized spacial score (nSPS) is 36.2. The number of hydrogen-bond acceptors (Lipinski definition) is 3. The minimum Gasteiger partial charge on any atom is -0.393 e. The van der Waals surface area contributed by atoms with Gasteiger partial charge in [-0.1, -0.05) is 20.3 Å². The van der Waals surface area contributed by atoms with Crippen molar-refractivity contribution in [2.45, 2.75) is 50.4 Å². The molecule has 2 atom stereocenters. The quantitative estimate of drug-likeness (QED) is 0.805. The third-order valence-corrected chi connectivity index (χ3v) is 5.41. The molecule has 1 saturated carbocycles. The van der Waals surface area contributed by atoms with Crippen LogP contribution in [0.5, 0.6) is 0 Å². The van der Waals surface area contributed by atoms with E-state index in [0.717, 1.165) is 13.0 Å². The molecule has 3 heteroatoms. The molecule has 0 aromatic carbocycles. The molecule has 2 nitrogen and oxygen atoms in total. The predicted molar refractivity (Wildman–Crippen MR) is 70.9 cm³/mol.